The maximum atomic E-state index is 2.53. The fraction of sp³-hybridized carbons (Fsp3) is 1.00. The van der Waals surface area contributed by atoms with Gasteiger partial charge in [0.2, 0.25) is 0 Å². The van der Waals surface area contributed by atoms with Gasteiger partial charge in [-0.15, -0.1) is 0 Å². The average molecular weight is 222 g/mol. The van der Waals surface area contributed by atoms with E-state index in [0.29, 0.717) is 0 Å². The predicted octanol–water partition coefficient (Wildman–Crippen LogP) is 4.99. The summed E-state index contributed by atoms with van der Waals surface area (Å²) in [5.74, 6) is 7.06. The highest BCUT2D eigenvalue weighted by molar-refractivity contribution is 4.97. The van der Waals surface area contributed by atoms with Gasteiger partial charge in [0.25, 0.3) is 0 Å². The van der Waals surface area contributed by atoms with Gasteiger partial charge in [0.05, 0.1) is 0 Å². The molecule has 0 heterocycles. The molecule has 0 bridgehead atoms. The molecular weight excluding hydrogens is 192 g/mol. The van der Waals surface area contributed by atoms with Gasteiger partial charge in [-0.3, -0.25) is 0 Å². The summed E-state index contributed by atoms with van der Waals surface area (Å²) < 4.78 is 0. The van der Waals surface area contributed by atoms with Crippen molar-refractivity contribution in [2.75, 3.05) is 0 Å². The SMILES string of the molecule is CCCC1C(C)C(C)C2CC(C)C(C)CC12. The van der Waals surface area contributed by atoms with Crippen LogP contribution in [0.2, 0.25) is 0 Å². The lowest BCUT2D eigenvalue weighted by molar-refractivity contribution is 0.113. The van der Waals surface area contributed by atoms with Crippen LogP contribution in [0.3, 0.4) is 0 Å². The van der Waals surface area contributed by atoms with Gasteiger partial charge in [-0.05, 0) is 54.3 Å². The highest BCUT2D eigenvalue weighted by Gasteiger charge is 2.48. The molecular formula is C16H30. The Morgan fingerprint density at radius 1 is 0.812 bits per heavy atom. The molecule has 0 amide bonds. The molecule has 0 aromatic heterocycles. The molecule has 0 heteroatoms. The second-order valence-corrected chi connectivity index (χ2v) is 6.92. The lowest BCUT2D eigenvalue weighted by Crippen LogP contribution is -2.30. The van der Waals surface area contributed by atoms with Crippen molar-refractivity contribution in [2.24, 2.45) is 41.4 Å². The summed E-state index contributed by atoms with van der Waals surface area (Å²) in [5.41, 5.74) is 0. The summed E-state index contributed by atoms with van der Waals surface area (Å²) in [6, 6.07) is 0. The van der Waals surface area contributed by atoms with Crippen LogP contribution in [0, 0.1) is 41.4 Å². The first-order valence-electron chi connectivity index (χ1n) is 7.56. The summed E-state index contributed by atoms with van der Waals surface area (Å²) in [5, 5.41) is 0. The molecule has 7 atom stereocenters. The zero-order chi connectivity index (χ0) is 11.9. The number of fused-ring (bicyclic) bond motifs is 1. The van der Waals surface area contributed by atoms with Crippen LogP contribution in [0.4, 0.5) is 0 Å². The predicted molar refractivity (Wildman–Crippen MR) is 71.3 cm³/mol. The molecule has 2 aliphatic carbocycles. The third-order valence-electron chi connectivity index (χ3n) is 6.16. The summed E-state index contributed by atoms with van der Waals surface area (Å²) in [6.07, 6.45) is 5.89. The van der Waals surface area contributed by atoms with E-state index in [2.05, 4.69) is 34.6 Å². The molecule has 2 fully saturated rings. The Balaban J connectivity index is 2.13. The van der Waals surface area contributed by atoms with Crippen LogP contribution in [0.5, 0.6) is 0 Å². The lowest BCUT2D eigenvalue weighted by atomic mass is 9.67. The van der Waals surface area contributed by atoms with E-state index in [0.717, 1.165) is 41.4 Å². The van der Waals surface area contributed by atoms with E-state index < -0.39 is 0 Å². The van der Waals surface area contributed by atoms with E-state index in [-0.39, 0.29) is 0 Å². The smallest absolute Gasteiger partial charge is 0.0349 e. The Labute approximate surface area is 102 Å². The van der Waals surface area contributed by atoms with Gasteiger partial charge in [0, 0.05) is 0 Å². The molecule has 16 heavy (non-hydrogen) atoms. The van der Waals surface area contributed by atoms with Gasteiger partial charge in [-0.25, -0.2) is 0 Å². The summed E-state index contributed by atoms with van der Waals surface area (Å²) in [4.78, 5) is 0. The zero-order valence-corrected chi connectivity index (χ0v) is 11.9. The standard InChI is InChI=1S/C16H30/c1-6-7-14-12(4)13(5)15-8-10(2)11(3)9-16(14)15/h10-16H,6-9H2,1-5H3. The Morgan fingerprint density at radius 3 is 1.94 bits per heavy atom. The second kappa shape index (κ2) is 4.70. The molecule has 0 saturated heterocycles. The molecule has 0 nitrogen and oxygen atoms in total. The van der Waals surface area contributed by atoms with Crippen LogP contribution < -0.4 is 0 Å². The first kappa shape index (κ1) is 12.5. The van der Waals surface area contributed by atoms with Crippen LogP contribution in [-0.2, 0) is 0 Å². The first-order valence-corrected chi connectivity index (χ1v) is 7.56. The van der Waals surface area contributed by atoms with Crippen molar-refractivity contribution in [3.8, 4) is 0 Å². The van der Waals surface area contributed by atoms with E-state index in [1.807, 2.05) is 0 Å². The van der Waals surface area contributed by atoms with Gasteiger partial charge in [0.15, 0.2) is 0 Å². The van der Waals surface area contributed by atoms with Crippen molar-refractivity contribution in [1.29, 1.82) is 0 Å². The van der Waals surface area contributed by atoms with Crippen molar-refractivity contribution in [3.63, 3.8) is 0 Å². The molecule has 0 aromatic carbocycles. The van der Waals surface area contributed by atoms with Crippen LogP contribution >= 0.6 is 0 Å². The summed E-state index contributed by atoms with van der Waals surface area (Å²) >= 11 is 0. The molecule has 0 radical (unpaired) electrons. The van der Waals surface area contributed by atoms with Gasteiger partial charge in [-0.2, -0.15) is 0 Å². The Bertz CT molecular complexity index is 222. The minimum Gasteiger partial charge on any atom is -0.0654 e. The lowest BCUT2D eigenvalue weighted by Gasteiger charge is -2.38. The summed E-state index contributed by atoms with van der Waals surface area (Å²) in [7, 11) is 0. The van der Waals surface area contributed by atoms with E-state index in [4.69, 9.17) is 0 Å². The molecule has 2 saturated carbocycles. The third-order valence-corrected chi connectivity index (χ3v) is 6.16. The van der Waals surface area contributed by atoms with E-state index in [1.54, 1.807) is 0 Å². The van der Waals surface area contributed by atoms with Gasteiger partial charge >= 0.3 is 0 Å². The minimum absolute atomic E-state index is 0.969. The molecule has 0 aliphatic heterocycles. The average Bonchev–Trinajstić information content (AvgIpc) is 2.46. The molecule has 0 N–H and O–H groups in total. The van der Waals surface area contributed by atoms with E-state index in [9.17, 15) is 0 Å². The maximum absolute atomic E-state index is 2.53. The largest absolute Gasteiger partial charge is 0.0654 e. The molecule has 2 aliphatic rings. The molecule has 94 valence electrons. The fourth-order valence-corrected chi connectivity index (χ4v) is 4.75. The van der Waals surface area contributed by atoms with Crippen LogP contribution in [0.1, 0.15) is 60.3 Å². The fourth-order valence-electron chi connectivity index (χ4n) is 4.75. The monoisotopic (exact) mass is 222 g/mol. The molecule has 0 spiro atoms. The van der Waals surface area contributed by atoms with Crippen molar-refractivity contribution in [1.82, 2.24) is 0 Å². The van der Waals surface area contributed by atoms with Crippen molar-refractivity contribution >= 4 is 0 Å². The molecule has 0 aromatic rings. The minimum atomic E-state index is 0.969. The quantitative estimate of drug-likeness (QED) is 0.617. The molecule has 2 rings (SSSR count). The van der Waals surface area contributed by atoms with E-state index >= 15 is 0 Å². The van der Waals surface area contributed by atoms with Gasteiger partial charge in [-0.1, -0.05) is 47.5 Å². The molecule has 7 unspecified atom stereocenters. The third kappa shape index (κ3) is 1.93. The number of hydrogen-bond donors (Lipinski definition) is 0. The van der Waals surface area contributed by atoms with Gasteiger partial charge < -0.3 is 0 Å². The Kier molecular flexibility index (Phi) is 3.66. The Morgan fingerprint density at radius 2 is 1.38 bits per heavy atom. The number of hydrogen-bond acceptors (Lipinski definition) is 0. The normalized spacial score (nSPS) is 52.7. The van der Waals surface area contributed by atoms with Gasteiger partial charge in [0.1, 0.15) is 0 Å². The Hall–Kier alpha value is 0. The van der Waals surface area contributed by atoms with Crippen LogP contribution in [-0.4, -0.2) is 0 Å². The van der Waals surface area contributed by atoms with E-state index in [1.165, 1.54) is 25.7 Å². The number of rotatable bonds is 2. The topological polar surface area (TPSA) is 0 Å². The highest BCUT2D eigenvalue weighted by atomic mass is 14.5. The maximum Gasteiger partial charge on any atom is -0.0349 e. The van der Waals surface area contributed by atoms with Crippen LogP contribution in [0.25, 0.3) is 0 Å². The highest BCUT2D eigenvalue weighted by Crippen LogP contribution is 2.55. The van der Waals surface area contributed by atoms with Crippen molar-refractivity contribution < 1.29 is 0 Å². The second-order valence-electron chi connectivity index (χ2n) is 6.92. The van der Waals surface area contributed by atoms with Crippen LogP contribution in [0.15, 0.2) is 0 Å². The summed E-state index contributed by atoms with van der Waals surface area (Å²) in [6.45, 7) is 12.4. The van der Waals surface area contributed by atoms with Crippen molar-refractivity contribution in [3.05, 3.63) is 0 Å². The van der Waals surface area contributed by atoms with Crippen molar-refractivity contribution in [2.45, 2.75) is 60.3 Å². The zero-order valence-electron chi connectivity index (χ0n) is 11.9. The first-order chi connectivity index (χ1) is 7.56.